The van der Waals surface area contributed by atoms with Gasteiger partial charge in [0.05, 0.1) is 22.5 Å². The Bertz CT molecular complexity index is 2180. The van der Waals surface area contributed by atoms with Gasteiger partial charge in [0, 0.05) is 52.1 Å². The van der Waals surface area contributed by atoms with E-state index in [4.69, 9.17) is 0 Å². The van der Waals surface area contributed by atoms with Gasteiger partial charge in [0.1, 0.15) is 22.7 Å². The topological polar surface area (TPSA) is 197 Å². The Hall–Kier alpha value is -5.96. The van der Waals surface area contributed by atoms with E-state index in [1.165, 1.54) is 32.9 Å². The summed E-state index contributed by atoms with van der Waals surface area (Å²) in [5.74, 6) is -1.26. The molecular formula is C38H46N6O8S. The molecule has 1 aromatic heterocycles. The number of carbonyl (C=O) groups is 2. The number of amides is 2. The minimum absolute atomic E-state index is 0.00671. The summed E-state index contributed by atoms with van der Waals surface area (Å²) in [6, 6.07) is 13.2. The third-order valence-corrected chi connectivity index (χ3v) is 8.81. The summed E-state index contributed by atoms with van der Waals surface area (Å²) in [7, 11) is 6.31. The number of para-hydroxylation sites is 2. The summed E-state index contributed by atoms with van der Waals surface area (Å²) < 4.78 is 0. The summed E-state index contributed by atoms with van der Waals surface area (Å²) in [6.45, 7) is 8.30. The number of hydrogen-bond donors (Lipinski definition) is 6. The van der Waals surface area contributed by atoms with Crippen molar-refractivity contribution in [3.8, 4) is 11.5 Å². The normalized spacial score (nSPS) is 11.0. The van der Waals surface area contributed by atoms with E-state index >= 15 is 0 Å². The van der Waals surface area contributed by atoms with Crippen LogP contribution in [0.1, 0.15) is 59.7 Å². The Labute approximate surface area is 311 Å². The first-order chi connectivity index (χ1) is 25.2. The highest BCUT2D eigenvalue weighted by atomic mass is 32.1. The quantitative estimate of drug-likeness (QED) is 0.0711. The summed E-state index contributed by atoms with van der Waals surface area (Å²) in [5.41, 5.74) is -1.28. The Morgan fingerprint density at radius 3 is 1.55 bits per heavy atom. The molecule has 1 atom stereocenters. The van der Waals surface area contributed by atoms with Crippen molar-refractivity contribution in [2.45, 2.75) is 46.6 Å². The van der Waals surface area contributed by atoms with Gasteiger partial charge in [-0.3, -0.25) is 28.8 Å². The van der Waals surface area contributed by atoms with Crippen LogP contribution in [0.15, 0.2) is 73.1 Å². The second-order valence-corrected chi connectivity index (χ2v) is 13.0. The zero-order valence-corrected chi connectivity index (χ0v) is 31.9. The average Bonchev–Trinajstić information content (AvgIpc) is 3.68. The second-order valence-electron chi connectivity index (χ2n) is 11.9. The monoisotopic (exact) mass is 746 g/mol. The van der Waals surface area contributed by atoms with Crippen LogP contribution in [0.3, 0.4) is 0 Å². The molecule has 14 nitrogen and oxygen atoms in total. The largest absolute Gasteiger partial charge is 0.505 e. The van der Waals surface area contributed by atoms with Crippen LogP contribution in [0.25, 0.3) is 0 Å². The van der Waals surface area contributed by atoms with E-state index in [9.17, 15) is 39.0 Å². The Balaban J connectivity index is 0.000000282. The van der Waals surface area contributed by atoms with Gasteiger partial charge in [-0.25, -0.2) is 0 Å². The predicted molar refractivity (Wildman–Crippen MR) is 213 cm³/mol. The van der Waals surface area contributed by atoms with Gasteiger partial charge in [-0.15, -0.1) is 11.3 Å². The van der Waals surface area contributed by atoms with Gasteiger partial charge < -0.3 is 41.3 Å². The van der Waals surface area contributed by atoms with E-state index in [0.717, 1.165) is 12.8 Å². The lowest BCUT2D eigenvalue weighted by atomic mass is 10.1. The molecule has 0 aliphatic rings. The molecule has 0 aliphatic carbocycles. The standard InChI is InChI=1S/C21H23N3O4S.C15H17N3O4.C2H6/c1-4-12(11-13-7-6-10-29-13)22-16-17(20(27)19(16)26)23-15-9-5-8-14(18(15)25)21(28)24(2)3;1-4-16-10-11(14(21)13(10)20)17-9-7-5-6-8(12(9)19)15(22)18(2)3;1-2/h5-10,12,22-23,25H,4,11H2,1-3H3;5-7,16-17,19H,4H2,1-3H3;1-2H3/t12-;;/m1../s1. The van der Waals surface area contributed by atoms with Crippen molar-refractivity contribution in [1.82, 2.24) is 9.80 Å². The van der Waals surface area contributed by atoms with E-state index in [0.29, 0.717) is 6.54 Å². The minimum Gasteiger partial charge on any atom is -0.505 e. The zero-order valence-electron chi connectivity index (χ0n) is 31.0. The molecule has 1 heterocycles. The third-order valence-electron chi connectivity index (χ3n) is 7.91. The van der Waals surface area contributed by atoms with E-state index in [2.05, 4.69) is 21.3 Å². The number of phenols is 2. The second kappa shape index (κ2) is 18.5. The van der Waals surface area contributed by atoms with Gasteiger partial charge in [-0.05, 0) is 49.1 Å². The molecule has 5 rings (SSSR count). The van der Waals surface area contributed by atoms with Crippen LogP contribution in [0, 0.1) is 0 Å². The maximum absolute atomic E-state index is 12.2. The number of nitrogens with zero attached hydrogens (tertiary/aromatic N) is 2. The first kappa shape index (κ1) is 41.5. The molecule has 0 saturated carbocycles. The highest BCUT2D eigenvalue weighted by Gasteiger charge is 2.26. The number of thiophene rings is 1. The van der Waals surface area contributed by atoms with Crippen LogP contribution < -0.4 is 43.0 Å². The maximum Gasteiger partial charge on any atom is 0.257 e. The summed E-state index contributed by atoms with van der Waals surface area (Å²) in [6.07, 6.45) is 1.51. The van der Waals surface area contributed by atoms with Crippen molar-refractivity contribution >= 4 is 57.3 Å². The SMILES string of the molecule is CC.CCNc1c(Nc2cccc(C(=O)N(C)C)c2O)c(=O)c1=O.CC[C@H](Cc1cccs1)Nc1c(Nc2cccc(C(=O)N(C)C)c2O)c(=O)c1=O. The fraction of sp³-hybridized carbons (Fsp3) is 0.316. The number of carbonyl (C=O) groups excluding carboxylic acids is 2. The van der Waals surface area contributed by atoms with E-state index < -0.39 is 21.7 Å². The lowest BCUT2D eigenvalue weighted by Gasteiger charge is -2.22. The molecule has 0 radical (unpaired) electrons. The van der Waals surface area contributed by atoms with Crippen molar-refractivity contribution < 1.29 is 19.8 Å². The van der Waals surface area contributed by atoms with Crippen LogP contribution in [-0.4, -0.2) is 72.6 Å². The number of anilines is 6. The Morgan fingerprint density at radius 1 is 0.679 bits per heavy atom. The molecule has 2 amide bonds. The highest BCUT2D eigenvalue weighted by molar-refractivity contribution is 7.09. The van der Waals surface area contributed by atoms with Gasteiger partial charge in [0.2, 0.25) is 0 Å². The van der Waals surface area contributed by atoms with E-state index in [1.54, 1.807) is 64.7 Å². The van der Waals surface area contributed by atoms with Gasteiger partial charge in [0.15, 0.2) is 11.5 Å². The van der Waals surface area contributed by atoms with Crippen LogP contribution in [0.5, 0.6) is 11.5 Å². The van der Waals surface area contributed by atoms with Gasteiger partial charge in [0.25, 0.3) is 33.5 Å². The molecule has 0 bridgehead atoms. The molecule has 0 fully saturated rings. The lowest BCUT2D eigenvalue weighted by molar-refractivity contribution is 0.0817. The van der Waals surface area contributed by atoms with Crippen molar-refractivity contribution in [2.75, 3.05) is 56.0 Å². The molecule has 0 spiro atoms. The fourth-order valence-electron chi connectivity index (χ4n) is 5.06. The van der Waals surface area contributed by atoms with Crippen molar-refractivity contribution in [2.24, 2.45) is 0 Å². The Morgan fingerprint density at radius 2 is 1.13 bits per heavy atom. The smallest absolute Gasteiger partial charge is 0.257 e. The van der Waals surface area contributed by atoms with Crippen molar-refractivity contribution in [3.05, 3.63) is 111 Å². The predicted octanol–water partition coefficient (Wildman–Crippen LogP) is 4.82. The fourth-order valence-corrected chi connectivity index (χ4v) is 5.85. The molecule has 53 heavy (non-hydrogen) atoms. The minimum atomic E-state index is -0.653. The van der Waals surface area contributed by atoms with E-state index in [-0.39, 0.29) is 74.6 Å². The molecule has 0 unspecified atom stereocenters. The van der Waals surface area contributed by atoms with Crippen LogP contribution in [-0.2, 0) is 6.42 Å². The molecule has 0 saturated heterocycles. The Kier molecular flexibility index (Phi) is 14.5. The number of nitrogens with one attached hydrogen (secondary N) is 4. The maximum atomic E-state index is 12.2. The van der Waals surface area contributed by atoms with Gasteiger partial charge in [-0.1, -0.05) is 39.0 Å². The number of rotatable bonds is 13. The number of benzene rings is 2. The molecule has 282 valence electrons. The van der Waals surface area contributed by atoms with Crippen molar-refractivity contribution in [3.63, 3.8) is 0 Å². The summed E-state index contributed by atoms with van der Waals surface area (Å²) in [4.78, 5) is 75.4. The number of aromatic hydroxyl groups is 2. The average molecular weight is 747 g/mol. The molecular weight excluding hydrogens is 701 g/mol. The first-order valence-electron chi connectivity index (χ1n) is 17.0. The lowest BCUT2D eigenvalue weighted by Crippen LogP contribution is -2.39. The van der Waals surface area contributed by atoms with Crippen LogP contribution in [0.2, 0.25) is 0 Å². The highest BCUT2D eigenvalue weighted by Crippen LogP contribution is 2.33. The van der Waals surface area contributed by atoms with Gasteiger partial charge >= 0.3 is 0 Å². The summed E-state index contributed by atoms with van der Waals surface area (Å²) in [5, 5.41) is 34.2. The molecule has 0 aliphatic heterocycles. The van der Waals surface area contributed by atoms with Crippen LogP contribution in [0.4, 0.5) is 34.1 Å². The first-order valence-corrected chi connectivity index (χ1v) is 17.9. The molecule has 15 heteroatoms. The number of hydrogen-bond acceptors (Lipinski definition) is 13. The zero-order chi connectivity index (χ0) is 39.6. The van der Waals surface area contributed by atoms with Crippen LogP contribution >= 0.6 is 11.3 Å². The van der Waals surface area contributed by atoms with Gasteiger partial charge in [-0.2, -0.15) is 0 Å². The summed E-state index contributed by atoms with van der Waals surface area (Å²) >= 11 is 1.64. The molecule has 5 aromatic rings. The third kappa shape index (κ3) is 9.29. The van der Waals surface area contributed by atoms with Crippen molar-refractivity contribution in [1.29, 1.82) is 0 Å². The van der Waals surface area contributed by atoms with E-state index in [1.807, 2.05) is 38.3 Å². The molecule has 4 aromatic carbocycles. The number of phenolic OH excluding ortho intramolecular Hbond substituents is 2. The molecule has 6 N–H and O–H groups in total.